The van der Waals surface area contributed by atoms with Gasteiger partial charge in [0.25, 0.3) is 0 Å². The molecule has 12 rings (SSSR count). The summed E-state index contributed by atoms with van der Waals surface area (Å²) >= 11 is 0. The largest absolute Gasteiger partial charge is 0.264 e. The normalized spacial score (nSPS) is 15.0. The van der Waals surface area contributed by atoms with Crippen LogP contribution in [0.2, 0.25) is 0 Å². The molecule has 2 nitrogen and oxygen atoms in total. The fourth-order valence-corrected chi connectivity index (χ4v) is 10.7. The number of benzene rings is 6. The van der Waals surface area contributed by atoms with E-state index < -0.39 is 5.41 Å². The topological polar surface area (TPSA) is 25.8 Å². The highest BCUT2D eigenvalue weighted by molar-refractivity contribution is 6.05. The number of aromatic nitrogens is 2. The lowest BCUT2D eigenvalue weighted by atomic mass is 9.64. The van der Waals surface area contributed by atoms with Gasteiger partial charge in [-0.2, -0.15) is 0 Å². The molecule has 0 bridgehead atoms. The summed E-state index contributed by atoms with van der Waals surface area (Å²) in [5.41, 5.74) is 25.6. The summed E-state index contributed by atoms with van der Waals surface area (Å²) < 4.78 is 0. The zero-order valence-electron chi connectivity index (χ0n) is 28.9. The van der Waals surface area contributed by atoms with Crippen LogP contribution in [-0.4, -0.2) is 9.97 Å². The van der Waals surface area contributed by atoms with Crippen LogP contribution in [0.4, 0.5) is 0 Å². The molecule has 0 radical (unpaired) electrons. The lowest BCUT2D eigenvalue weighted by Crippen LogP contribution is -2.31. The molecular formula is C50H32N2. The van der Waals surface area contributed by atoms with Crippen molar-refractivity contribution in [3.05, 3.63) is 214 Å². The SMILES string of the molecule is Cc1cc2c3c(c1)C1(c4cc(-c5cccnc5)ccc4-c4ccc(-c5cccnc5)cc41)c1cc(C)cc(c1-3)C21c2ccccc2-c2ccccc21. The minimum absolute atomic E-state index is 0.375. The van der Waals surface area contributed by atoms with Gasteiger partial charge in [-0.1, -0.05) is 120 Å². The molecule has 52 heavy (non-hydrogen) atoms. The van der Waals surface area contributed by atoms with Crippen molar-refractivity contribution < 1.29 is 0 Å². The Balaban J connectivity index is 1.25. The zero-order chi connectivity index (χ0) is 34.3. The molecule has 8 aromatic rings. The van der Waals surface area contributed by atoms with Crippen molar-refractivity contribution in [3.8, 4) is 55.6 Å². The van der Waals surface area contributed by atoms with Gasteiger partial charge in [0, 0.05) is 24.8 Å². The number of aryl methyl sites for hydroxylation is 2. The third-order valence-corrected chi connectivity index (χ3v) is 12.5. The first-order chi connectivity index (χ1) is 25.6. The lowest BCUT2D eigenvalue weighted by molar-refractivity contribution is 0.753. The van der Waals surface area contributed by atoms with Crippen LogP contribution >= 0.6 is 0 Å². The number of hydrogen-bond donors (Lipinski definition) is 0. The number of pyridine rings is 2. The van der Waals surface area contributed by atoms with Crippen LogP contribution in [0.15, 0.2) is 158 Å². The lowest BCUT2D eigenvalue weighted by Gasteiger charge is -2.36. The summed E-state index contributed by atoms with van der Waals surface area (Å²) in [6.45, 7) is 4.60. The van der Waals surface area contributed by atoms with Gasteiger partial charge in [0.15, 0.2) is 0 Å². The van der Waals surface area contributed by atoms with Crippen molar-refractivity contribution >= 4 is 0 Å². The number of nitrogens with zero attached hydrogens (tertiary/aromatic N) is 2. The summed E-state index contributed by atoms with van der Waals surface area (Å²) in [4.78, 5) is 9.03. The molecule has 4 aliphatic rings. The molecule has 2 spiro atoms. The maximum atomic E-state index is 4.51. The molecule has 0 atom stereocenters. The summed E-state index contributed by atoms with van der Waals surface area (Å²) in [6.07, 6.45) is 7.68. The van der Waals surface area contributed by atoms with Crippen molar-refractivity contribution in [2.24, 2.45) is 0 Å². The van der Waals surface area contributed by atoms with E-state index in [1.165, 1.54) is 100 Å². The Morgan fingerprint density at radius 1 is 0.346 bits per heavy atom. The summed E-state index contributed by atoms with van der Waals surface area (Å²) in [5, 5.41) is 0. The quantitative estimate of drug-likeness (QED) is 0.184. The van der Waals surface area contributed by atoms with Crippen LogP contribution in [0.5, 0.6) is 0 Å². The van der Waals surface area contributed by atoms with E-state index in [0.29, 0.717) is 0 Å². The van der Waals surface area contributed by atoms with E-state index in [1.807, 2.05) is 36.9 Å². The van der Waals surface area contributed by atoms with Crippen LogP contribution in [0.3, 0.4) is 0 Å². The Hall–Kier alpha value is -6.38. The first-order valence-corrected chi connectivity index (χ1v) is 18.2. The van der Waals surface area contributed by atoms with Gasteiger partial charge in [-0.25, -0.2) is 0 Å². The highest BCUT2D eigenvalue weighted by Crippen LogP contribution is 2.72. The first kappa shape index (κ1) is 28.3. The van der Waals surface area contributed by atoms with Gasteiger partial charge in [-0.05, 0) is 138 Å². The van der Waals surface area contributed by atoms with E-state index in [-0.39, 0.29) is 5.41 Å². The van der Waals surface area contributed by atoms with Gasteiger partial charge in [0.05, 0.1) is 10.8 Å². The van der Waals surface area contributed by atoms with E-state index in [4.69, 9.17) is 0 Å². The average molecular weight is 661 g/mol. The number of fused-ring (bicyclic) bond motifs is 14. The van der Waals surface area contributed by atoms with Crippen molar-refractivity contribution in [3.63, 3.8) is 0 Å². The monoisotopic (exact) mass is 660 g/mol. The molecule has 0 N–H and O–H groups in total. The molecule has 0 unspecified atom stereocenters. The number of rotatable bonds is 2. The van der Waals surface area contributed by atoms with Crippen LogP contribution in [0.1, 0.15) is 55.6 Å². The third kappa shape index (κ3) is 3.19. The maximum absolute atomic E-state index is 4.51. The van der Waals surface area contributed by atoms with Crippen LogP contribution in [0, 0.1) is 13.8 Å². The molecule has 0 fully saturated rings. The van der Waals surface area contributed by atoms with Crippen molar-refractivity contribution in [1.29, 1.82) is 0 Å². The van der Waals surface area contributed by atoms with Gasteiger partial charge in [-0.15, -0.1) is 0 Å². The van der Waals surface area contributed by atoms with Crippen LogP contribution in [0.25, 0.3) is 55.6 Å². The third-order valence-electron chi connectivity index (χ3n) is 12.5. The summed E-state index contributed by atoms with van der Waals surface area (Å²) in [7, 11) is 0. The molecule has 2 heterocycles. The predicted octanol–water partition coefficient (Wildman–Crippen LogP) is 11.4. The smallest absolute Gasteiger partial charge is 0.0726 e. The average Bonchev–Trinajstić information content (AvgIpc) is 3.86. The van der Waals surface area contributed by atoms with E-state index in [2.05, 4.69) is 145 Å². The molecule has 242 valence electrons. The van der Waals surface area contributed by atoms with E-state index >= 15 is 0 Å². The van der Waals surface area contributed by atoms with Crippen LogP contribution < -0.4 is 0 Å². The van der Waals surface area contributed by atoms with E-state index in [0.717, 1.165) is 11.1 Å². The molecule has 0 saturated carbocycles. The molecule has 6 aromatic carbocycles. The maximum Gasteiger partial charge on any atom is 0.0726 e. The van der Waals surface area contributed by atoms with Gasteiger partial charge in [-0.3, -0.25) is 9.97 Å². The van der Waals surface area contributed by atoms with Crippen LogP contribution in [-0.2, 0) is 10.8 Å². The second kappa shape index (κ2) is 9.69. The molecule has 2 heteroatoms. The van der Waals surface area contributed by atoms with Gasteiger partial charge in [0.1, 0.15) is 0 Å². The van der Waals surface area contributed by atoms with E-state index in [1.54, 1.807) is 0 Å². The Bertz CT molecular complexity index is 2670. The highest BCUT2D eigenvalue weighted by Gasteiger charge is 2.60. The summed E-state index contributed by atoms with van der Waals surface area (Å²) in [6, 6.07) is 50.9. The van der Waals surface area contributed by atoms with Gasteiger partial charge >= 0.3 is 0 Å². The van der Waals surface area contributed by atoms with Gasteiger partial charge < -0.3 is 0 Å². The minimum Gasteiger partial charge on any atom is -0.264 e. The molecule has 2 aromatic heterocycles. The van der Waals surface area contributed by atoms with Crippen molar-refractivity contribution in [1.82, 2.24) is 9.97 Å². The Morgan fingerprint density at radius 3 is 1.17 bits per heavy atom. The Morgan fingerprint density at radius 2 is 0.750 bits per heavy atom. The van der Waals surface area contributed by atoms with Crippen molar-refractivity contribution in [2.45, 2.75) is 24.7 Å². The molecule has 4 aliphatic carbocycles. The fourth-order valence-electron chi connectivity index (χ4n) is 10.7. The molecular weight excluding hydrogens is 629 g/mol. The second-order valence-corrected chi connectivity index (χ2v) is 15.1. The second-order valence-electron chi connectivity index (χ2n) is 15.1. The summed E-state index contributed by atoms with van der Waals surface area (Å²) in [5.74, 6) is 0. The molecule has 0 aliphatic heterocycles. The van der Waals surface area contributed by atoms with E-state index in [9.17, 15) is 0 Å². The minimum atomic E-state index is -0.493. The zero-order valence-corrected chi connectivity index (χ0v) is 28.9. The molecule has 0 saturated heterocycles. The Labute approximate surface area is 303 Å². The predicted molar refractivity (Wildman–Crippen MR) is 210 cm³/mol. The number of hydrogen-bond acceptors (Lipinski definition) is 2. The van der Waals surface area contributed by atoms with Gasteiger partial charge in [0.2, 0.25) is 0 Å². The molecule has 0 amide bonds. The first-order valence-electron chi connectivity index (χ1n) is 18.2. The van der Waals surface area contributed by atoms with Crippen molar-refractivity contribution in [2.75, 3.05) is 0 Å². The highest BCUT2D eigenvalue weighted by atomic mass is 14.6. The standard InChI is InChI=1S/C50H32N2/c1-29-21-43-47-45(23-29)50(46-24-30(2)22-44(48(46)47)49(43)39-13-5-3-11-35(39)36-12-4-6-14-40(36)49)41-25-31(33-9-7-19-51-27-33)15-17-37(41)38-18-16-32(26-42(38)50)34-10-8-20-52-28-34/h3-28H,1-2H3. The Kier molecular flexibility index (Phi) is 5.28. The fraction of sp³-hybridized carbons (Fsp3) is 0.0800.